The zero-order chi connectivity index (χ0) is 16.7. The molecule has 0 saturated carbocycles. The van der Waals surface area contributed by atoms with Crippen LogP contribution >= 0.6 is 11.6 Å². The standard InChI is InChI=1S/C16H22ClN3O3/c17-12-2-4-13(5-3-12)19-16(23)15(22)18-8-1-9-20-10-6-14(21)7-11-20/h2-5,14,21H,1,6-11H2,(H,18,22)(H,19,23). The molecule has 0 bridgehead atoms. The van der Waals surface area contributed by atoms with E-state index < -0.39 is 11.8 Å². The van der Waals surface area contributed by atoms with E-state index in [2.05, 4.69) is 15.5 Å². The predicted molar refractivity (Wildman–Crippen MR) is 89.4 cm³/mol. The molecule has 23 heavy (non-hydrogen) atoms. The largest absolute Gasteiger partial charge is 0.393 e. The number of nitrogens with zero attached hydrogens (tertiary/aromatic N) is 1. The first-order valence-corrected chi connectivity index (χ1v) is 8.17. The van der Waals surface area contributed by atoms with Gasteiger partial charge in [0.25, 0.3) is 0 Å². The third-order valence-corrected chi connectivity index (χ3v) is 4.05. The second-order valence-electron chi connectivity index (χ2n) is 5.64. The third kappa shape index (κ3) is 6.17. The molecule has 1 aromatic rings. The van der Waals surface area contributed by atoms with E-state index in [1.54, 1.807) is 24.3 Å². The van der Waals surface area contributed by atoms with Crippen LogP contribution in [0.5, 0.6) is 0 Å². The molecule has 1 fully saturated rings. The molecular weight excluding hydrogens is 318 g/mol. The second kappa shape index (κ2) is 8.86. The number of hydrogen-bond acceptors (Lipinski definition) is 4. The van der Waals surface area contributed by atoms with Gasteiger partial charge in [0, 0.05) is 30.3 Å². The average Bonchev–Trinajstić information content (AvgIpc) is 2.55. The molecule has 1 heterocycles. The fourth-order valence-corrected chi connectivity index (χ4v) is 2.57. The maximum Gasteiger partial charge on any atom is 0.313 e. The number of benzene rings is 1. The van der Waals surface area contributed by atoms with E-state index in [4.69, 9.17) is 11.6 Å². The topological polar surface area (TPSA) is 81.7 Å². The Morgan fingerprint density at radius 1 is 1.17 bits per heavy atom. The Labute approximate surface area is 140 Å². The summed E-state index contributed by atoms with van der Waals surface area (Å²) in [6.45, 7) is 3.07. The van der Waals surface area contributed by atoms with Crippen molar-refractivity contribution in [2.75, 3.05) is 31.5 Å². The summed E-state index contributed by atoms with van der Waals surface area (Å²) in [5.74, 6) is -1.33. The van der Waals surface area contributed by atoms with E-state index in [0.29, 0.717) is 17.3 Å². The summed E-state index contributed by atoms with van der Waals surface area (Å²) in [6.07, 6.45) is 2.20. The lowest BCUT2D eigenvalue weighted by molar-refractivity contribution is -0.136. The molecule has 1 saturated heterocycles. The van der Waals surface area contributed by atoms with Crippen LogP contribution in [0.2, 0.25) is 5.02 Å². The SMILES string of the molecule is O=C(NCCCN1CCC(O)CC1)C(=O)Nc1ccc(Cl)cc1. The molecule has 0 aromatic heterocycles. The number of piperidine rings is 1. The second-order valence-corrected chi connectivity index (χ2v) is 6.08. The highest BCUT2D eigenvalue weighted by Gasteiger charge is 2.17. The summed E-state index contributed by atoms with van der Waals surface area (Å²) < 4.78 is 0. The molecule has 1 aromatic carbocycles. The molecule has 0 radical (unpaired) electrons. The minimum Gasteiger partial charge on any atom is -0.393 e. The number of anilines is 1. The van der Waals surface area contributed by atoms with Gasteiger partial charge in [0.05, 0.1) is 6.10 Å². The van der Waals surface area contributed by atoms with Gasteiger partial charge in [-0.2, -0.15) is 0 Å². The van der Waals surface area contributed by atoms with Crippen LogP contribution in [-0.4, -0.2) is 54.1 Å². The number of aliphatic hydroxyl groups excluding tert-OH is 1. The highest BCUT2D eigenvalue weighted by Crippen LogP contribution is 2.13. The van der Waals surface area contributed by atoms with Crippen molar-refractivity contribution in [3.63, 3.8) is 0 Å². The van der Waals surface area contributed by atoms with Gasteiger partial charge in [0.15, 0.2) is 0 Å². The number of carbonyl (C=O) groups excluding carboxylic acids is 2. The number of amides is 2. The Hall–Kier alpha value is -1.63. The van der Waals surface area contributed by atoms with Crippen molar-refractivity contribution in [3.05, 3.63) is 29.3 Å². The highest BCUT2D eigenvalue weighted by molar-refractivity contribution is 6.39. The quantitative estimate of drug-likeness (QED) is 0.557. The smallest absolute Gasteiger partial charge is 0.313 e. The molecule has 126 valence electrons. The van der Waals surface area contributed by atoms with Gasteiger partial charge in [0.1, 0.15) is 0 Å². The molecule has 1 aliphatic heterocycles. The lowest BCUT2D eigenvalue weighted by Gasteiger charge is -2.29. The van der Waals surface area contributed by atoms with E-state index in [1.807, 2.05) is 0 Å². The first-order chi connectivity index (χ1) is 11.0. The van der Waals surface area contributed by atoms with Gasteiger partial charge in [-0.05, 0) is 50.1 Å². The number of halogens is 1. The zero-order valence-corrected chi connectivity index (χ0v) is 13.7. The number of carbonyl (C=O) groups is 2. The van der Waals surface area contributed by atoms with Crippen molar-refractivity contribution < 1.29 is 14.7 Å². The number of hydrogen-bond donors (Lipinski definition) is 3. The lowest BCUT2D eigenvalue weighted by Crippen LogP contribution is -2.39. The molecule has 2 amide bonds. The number of nitrogens with one attached hydrogen (secondary N) is 2. The summed E-state index contributed by atoms with van der Waals surface area (Å²) in [7, 11) is 0. The molecule has 0 unspecified atom stereocenters. The number of rotatable bonds is 5. The third-order valence-electron chi connectivity index (χ3n) is 3.80. The fourth-order valence-electron chi connectivity index (χ4n) is 2.45. The summed E-state index contributed by atoms with van der Waals surface area (Å²) in [4.78, 5) is 25.7. The van der Waals surface area contributed by atoms with Gasteiger partial charge in [-0.3, -0.25) is 9.59 Å². The molecular formula is C16H22ClN3O3. The number of likely N-dealkylation sites (tertiary alicyclic amines) is 1. The van der Waals surface area contributed by atoms with Gasteiger partial charge in [0.2, 0.25) is 0 Å². The van der Waals surface area contributed by atoms with E-state index in [9.17, 15) is 14.7 Å². The molecule has 0 spiro atoms. The van der Waals surface area contributed by atoms with Crippen molar-refractivity contribution in [1.82, 2.24) is 10.2 Å². The van der Waals surface area contributed by atoms with E-state index in [0.717, 1.165) is 38.9 Å². The normalized spacial score (nSPS) is 16.1. The van der Waals surface area contributed by atoms with Crippen molar-refractivity contribution in [3.8, 4) is 0 Å². The van der Waals surface area contributed by atoms with E-state index in [1.165, 1.54) is 0 Å². The van der Waals surface area contributed by atoms with Crippen LogP contribution in [0.15, 0.2) is 24.3 Å². The first kappa shape index (κ1) is 17.7. The molecule has 3 N–H and O–H groups in total. The van der Waals surface area contributed by atoms with Crippen molar-refractivity contribution in [1.29, 1.82) is 0 Å². The summed E-state index contributed by atoms with van der Waals surface area (Å²) in [5.41, 5.74) is 0.529. The minimum atomic E-state index is -0.687. The van der Waals surface area contributed by atoms with Gasteiger partial charge in [-0.25, -0.2) is 0 Å². The van der Waals surface area contributed by atoms with Gasteiger partial charge < -0.3 is 20.6 Å². The average molecular weight is 340 g/mol. The van der Waals surface area contributed by atoms with Crippen LogP contribution in [0.3, 0.4) is 0 Å². The molecule has 0 atom stereocenters. The van der Waals surface area contributed by atoms with Crippen LogP contribution in [-0.2, 0) is 9.59 Å². The highest BCUT2D eigenvalue weighted by atomic mass is 35.5. The Morgan fingerprint density at radius 2 is 1.83 bits per heavy atom. The summed E-state index contributed by atoms with van der Waals surface area (Å²) in [5, 5.41) is 15.1. The zero-order valence-electron chi connectivity index (χ0n) is 12.9. The van der Waals surface area contributed by atoms with Crippen LogP contribution in [0, 0.1) is 0 Å². The maximum absolute atomic E-state index is 11.7. The van der Waals surface area contributed by atoms with Gasteiger partial charge in [-0.1, -0.05) is 11.6 Å². The van der Waals surface area contributed by atoms with Crippen LogP contribution in [0.4, 0.5) is 5.69 Å². The summed E-state index contributed by atoms with van der Waals surface area (Å²) in [6, 6.07) is 6.56. The van der Waals surface area contributed by atoms with Crippen LogP contribution in [0.25, 0.3) is 0 Å². The Morgan fingerprint density at radius 3 is 2.48 bits per heavy atom. The first-order valence-electron chi connectivity index (χ1n) is 7.80. The van der Waals surface area contributed by atoms with Crippen molar-refractivity contribution >= 4 is 29.1 Å². The Bertz CT molecular complexity index is 528. The minimum absolute atomic E-state index is 0.178. The van der Waals surface area contributed by atoms with Crippen LogP contribution in [0.1, 0.15) is 19.3 Å². The number of aliphatic hydroxyl groups is 1. The van der Waals surface area contributed by atoms with Crippen LogP contribution < -0.4 is 10.6 Å². The van der Waals surface area contributed by atoms with Gasteiger partial charge >= 0.3 is 11.8 Å². The van der Waals surface area contributed by atoms with Crippen molar-refractivity contribution in [2.45, 2.75) is 25.4 Å². The van der Waals surface area contributed by atoms with E-state index in [-0.39, 0.29) is 6.10 Å². The van der Waals surface area contributed by atoms with Gasteiger partial charge in [-0.15, -0.1) is 0 Å². The summed E-state index contributed by atoms with van der Waals surface area (Å²) >= 11 is 5.76. The fraction of sp³-hybridized carbons (Fsp3) is 0.500. The molecule has 6 nitrogen and oxygen atoms in total. The van der Waals surface area contributed by atoms with Crippen molar-refractivity contribution in [2.24, 2.45) is 0 Å². The molecule has 2 rings (SSSR count). The molecule has 7 heteroatoms. The Kier molecular flexibility index (Phi) is 6.83. The van der Waals surface area contributed by atoms with E-state index >= 15 is 0 Å². The maximum atomic E-state index is 11.7. The molecule has 0 aliphatic carbocycles. The predicted octanol–water partition coefficient (Wildman–Crippen LogP) is 1.24. The Balaban J connectivity index is 1.62. The lowest BCUT2D eigenvalue weighted by atomic mass is 10.1. The molecule has 1 aliphatic rings. The monoisotopic (exact) mass is 339 g/mol.